The molecule has 4 aliphatic carbocycles. The molecular formula is C44H71N3O6. The molecule has 0 saturated heterocycles. The van der Waals surface area contributed by atoms with E-state index in [1.165, 1.54) is 36.8 Å². The van der Waals surface area contributed by atoms with Crippen molar-refractivity contribution < 1.29 is 29.0 Å². The van der Waals surface area contributed by atoms with E-state index in [0.717, 1.165) is 63.0 Å². The summed E-state index contributed by atoms with van der Waals surface area (Å²) in [5.41, 5.74) is 3.88. The molecule has 298 valence electrons. The van der Waals surface area contributed by atoms with Crippen molar-refractivity contribution in [3.63, 3.8) is 0 Å². The first-order chi connectivity index (χ1) is 24.9. The molecule has 0 spiro atoms. The maximum Gasteiger partial charge on any atom is 0.319 e. The van der Waals surface area contributed by atoms with E-state index in [2.05, 4.69) is 64.1 Å². The van der Waals surface area contributed by atoms with E-state index in [1.54, 1.807) is 20.0 Å². The van der Waals surface area contributed by atoms with Crippen molar-refractivity contribution in [2.45, 2.75) is 145 Å². The van der Waals surface area contributed by atoms with Crippen molar-refractivity contribution in [3.8, 4) is 0 Å². The van der Waals surface area contributed by atoms with Gasteiger partial charge in [-0.2, -0.15) is 0 Å². The third-order valence-electron chi connectivity index (χ3n) is 14.3. The Hall–Kier alpha value is -2.91. The lowest BCUT2D eigenvalue weighted by Crippen LogP contribution is -2.64. The number of rotatable bonds is 9. The number of carbonyl (C=O) groups excluding carboxylic acids is 4. The number of ether oxygens (including phenoxy) is 1. The Balaban J connectivity index is 0.000000670. The van der Waals surface area contributed by atoms with E-state index >= 15 is 0 Å². The summed E-state index contributed by atoms with van der Waals surface area (Å²) in [6.45, 7) is 22.3. The second-order valence-corrected chi connectivity index (χ2v) is 18.5. The molecule has 4 fully saturated rings. The van der Waals surface area contributed by atoms with E-state index in [0.29, 0.717) is 54.0 Å². The minimum Gasteiger partial charge on any atom is -0.400 e. The Kier molecular flexibility index (Phi) is 14.9. The zero-order valence-electron chi connectivity index (χ0n) is 34.9. The normalized spacial score (nSPS) is 33.9. The van der Waals surface area contributed by atoms with E-state index in [-0.39, 0.29) is 16.9 Å². The number of aromatic nitrogens is 1. The molecule has 8 unspecified atom stereocenters. The number of hydrogen-bond acceptors (Lipinski definition) is 7. The largest absolute Gasteiger partial charge is 0.400 e. The van der Waals surface area contributed by atoms with Crippen molar-refractivity contribution in [1.82, 2.24) is 10.3 Å². The van der Waals surface area contributed by atoms with Gasteiger partial charge in [-0.05, 0) is 129 Å². The Labute approximate surface area is 320 Å². The summed E-state index contributed by atoms with van der Waals surface area (Å²) in [6, 6.07) is 3.44. The van der Waals surface area contributed by atoms with E-state index in [9.17, 15) is 19.2 Å². The molecule has 0 radical (unpaired) electrons. The van der Waals surface area contributed by atoms with Crippen LogP contribution in [0.4, 0.5) is 10.5 Å². The number of hydrogen-bond donors (Lipinski definition) is 3. The van der Waals surface area contributed by atoms with E-state index in [1.807, 2.05) is 26.2 Å². The van der Waals surface area contributed by atoms with Crippen LogP contribution in [0.5, 0.6) is 0 Å². The second-order valence-electron chi connectivity index (χ2n) is 18.5. The molecule has 0 aromatic carbocycles. The number of fused-ring (bicyclic) bond motifs is 5. The van der Waals surface area contributed by atoms with Gasteiger partial charge in [0.2, 0.25) is 0 Å². The molecule has 0 bridgehead atoms. The number of carbonyl (C=O) groups is 4. The SMILES string of the molecule is CC(C)(C=O)CC=O.CO.COC1CCC2(C)C(CCC3(C)C4CCC(CC=O)(NC(=O)Nc5ccnc(C)c5)/C(=C(\C)C(C)C)C4CCC32)C1(C)C. The van der Waals surface area contributed by atoms with Crippen LogP contribution in [0.3, 0.4) is 0 Å². The lowest BCUT2D eigenvalue weighted by molar-refractivity contribution is -0.206. The van der Waals surface area contributed by atoms with Crippen LogP contribution < -0.4 is 10.6 Å². The van der Waals surface area contributed by atoms with Crippen molar-refractivity contribution in [2.75, 3.05) is 19.5 Å². The van der Waals surface area contributed by atoms with Crippen LogP contribution in [-0.2, 0) is 19.1 Å². The monoisotopic (exact) mass is 738 g/mol. The van der Waals surface area contributed by atoms with Crippen LogP contribution in [0.1, 0.15) is 132 Å². The average Bonchev–Trinajstić information content (AvgIpc) is 3.08. The lowest BCUT2D eigenvalue weighted by Gasteiger charge is -2.69. The van der Waals surface area contributed by atoms with Gasteiger partial charge < -0.3 is 34.9 Å². The summed E-state index contributed by atoms with van der Waals surface area (Å²) < 4.78 is 6.05. The van der Waals surface area contributed by atoms with E-state index in [4.69, 9.17) is 9.84 Å². The third-order valence-corrected chi connectivity index (χ3v) is 14.3. The van der Waals surface area contributed by atoms with Crippen LogP contribution in [0, 0.1) is 58.2 Å². The van der Waals surface area contributed by atoms with Crippen LogP contribution in [0.15, 0.2) is 29.5 Å². The number of aryl methyl sites for hydroxylation is 1. The topological polar surface area (TPSA) is 135 Å². The minimum atomic E-state index is -0.660. The van der Waals surface area contributed by atoms with Gasteiger partial charge in [-0.15, -0.1) is 0 Å². The number of allylic oxidation sites excluding steroid dienone is 1. The van der Waals surface area contributed by atoms with Gasteiger partial charge >= 0.3 is 6.03 Å². The number of anilines is 1. The number of aldehydes is 3. The molecule has 1 aromatic heterocycles. The third kappa shape index (κ3) is 8.98. The van der Waals surface area contributed by atoms with Gasteiger partial charge in [0, 0.05) is 50.1 Å². The standard InChI is InChI=1S/C37H57N3O3.C6H10O2.CH4O/c1-23(2)25(4)32-27-10-11-30-35(7,16-13-29-34(5,6)31(43-9)14-17-36(29,30)8)28(27)12-18-37(32,19-21-41)40-33(42)39-26-15-20-38-24(3)22-26;1-6(2,5-8)3-4-7;1-2/h15,20-23,27-31H,10-14,16-19H2,1-9H3,(H2,38,39,40,42);4-5H,3H2,1-2H3;2H,1H3/b32-25+;;. The highest BCUT2D eigenvalue weighted by atomic mass is 16.5. The van der Waals surface area contributed by atoms with Crippen LogP contribution in [0.25, 0.3) is 0 Å². The first-order valence-electron chi connectivity index (χ1n) is 19.9. The first kappa shape index (κ1) is 44.5. The van der Waals surface area contributed by atoms with Crippen molar-refractivity contribution in [3.05, 3.63) is 35.2 Å². The Bertz CT molecular complexity index is 1470. The number of pyridine rings is 1. The quantitative estimate of drug-likeness (QED) is 0.170. The van der Waals surface area contributed by atoms with Crippen molar-refractivity contribution in [1.29, 1.82) is 0 Å². The average molecular weight is 738 g/mol. The second kappa shape index (κ2) is 17.7. The van der Waals surface area contributed by atoms with Gasteiger partial charge in [-0.25, -0.2) is 4.79 Å². The number of amides is 2. The van der Waals surface area contributed by atoms with Crippen molar-refractivity contribution in [2.24, 2.45) is 51.2 Å². The zero-order valence-corrected chi connectivity index (χ0v) is 34.9. The fourth-order valence-electron chi connectivity index (χ4n) is 11.6. The molecule has 2 amide bonds. The maximum atomic E-state index is 13.6. The van der Waals surface area contributed by atoms with Gasteiger partial charge in [-0.1, -0.05) is 61.0 Å². The molecule has 1 aromatic rings. The summed E-state index contributed by atoms with van der Waals surface area (Å²) in [4.78, 5) is 50.1. The summed E-state index contributed by atoms with van der Waals surface area (Å²) in [5, 5.41) is 13.4. The fourth-order valence-corrected chi connectivity index (χ4v) is 11.6. The number of urea groups is 1. The van der Waals surface area contributed by atoms with Gasteiger partial charge in [0.05, 0.1) is 11.6 Å². The molecular weight excluding hydrogens is 666 g/mol. The van der Waals surface area contributed by atoms with Crippen molar-refractivity contribution >= 4 is 30.6 Å². The molecule has 0 aliphatic heterocycles. The highest BCUT2D eigenvalue weighted by Gasteiger charge is 2.65. The minimum absolute atomic E-state index is 0.176. The molecule has 4 aliphatic rings. The molecule has 8 atom stereocenters. The predicted molar refractivity (Wildman–Crippen MR) is 212 cm³/mol. The molecule has 9 nitrogen and oxygen atoms in total. The Morgan fingerprint density at radius 3 is 2.19 bits per heavy atom. The maximum absolute atomic E-state index is 13.6. The Morgan fingerprint density at radius 2 is 1.64 bits per heavy atom. The molecule has 53 heavy (non-hydrogen) atoms. The number of methoxy groups -OCH3 is 1. The molecule has 1 heterocycles. The number of nitrogens with one attached hydrogen (secondary N) is 2. The smallest absolute Gasteiger partial charge is 0.319 e. The Morgan fingerprint density at radius 1 is 0.981 bits per heavy atom. The summed E-state index contributed by atoms with van der Waals surface area (Å²) in [7, 11) is 2.90. The summed E-state index contributed by atoms with van der Waals surface area (Å²) >= 11 is 0. The summed E-state index contributed by atoms with van der Waals surface area (Å²) in [5.74, 6) is 2.63. The van der Waals surface area contributed by atoms with Gasteiger partial charge in [0.1, 0.15) is 18.9 Å². The highest BCUT2D eigenvalue weighted by Crippen LogP contribution is 2.71. The molecule has 9 heteroatoms. The number of aliphatic hydroxyl groups is 1. The number of aliphatic hydroxyl groups excluding tert-OH is 1. The summed E-state index contributed by atoms with van der Waals surface area (Å²) in [6.07, 6.45) is 14.3. The van der Waals surface area contributed by atoms with Crippen LogP contribution >= 0.6 is 0 Å². The van der Waals surface area contributed by atoms with Gasteiger partial charge in [-0.3, -0.25) is 4.98 Å². The number of nitrogens with zero attached hydrogens (tertiary/aromatic N) is 1. The lowest BCUT2D eigenvalue weighted by atomic mass is 9.36. The van der Waals surface area contributed by atoms with Crippen LogP contribution in [-0.4, -0.2) is 60.8 Å². The first-order valence-corrected chi connectivity index (χ1v) is 19.9. The van der Waals surface area contributed by atoms with Gasteiger partial charge in [0.15, 0.2) is 0 Å². The molecule has 5 rings (SSSR count). The molecule has 4 saturated carbocycles. The van der Waals surface area contributed by atoms with Gasteiger partial charge in [0.25, 0.3) is 0 Å². The van der Waals surface area contributed by atoms with E-state index < -0.39 is 11.0 Å². The van der Waals surface area contributed by atoms with Crippen LogP contribution in [0.2, 0.25) is 0 Å². The fraction of sp³-hybridized carbons (Fsp3) is 0.750. The zero-order chi connectivity index (χ0) is 40.0. The highest BCUT2D eigenvalue weighted by molar-refractivity contribution is 5.90. The molecule has 3 N–H and O–H groups in total. The predicted octanol–water partition coefficient (Wildman–Crippen LogP) is 8.91.